The van der Waals surface area contributed by atoms with Gasteiger partial charge in [0.15, 0.2) is 0 Å². The third kappa shape index (κ3) is 2.11. The van der Waals surface area contributed by atoms with Crippen LogP contribution in [-0.2, 0) is 0 Å². The fourth-order valence-electron chi connectivity index (χ4n) is 3.67. The number of nitriles is 1. The van der Waals surface area contributed by atoms with Gasteiger partial charge in [-0.3, -0.25) is 0 Å². The summed E-state index contributed by atoms with van der Waals surface area (Å²) < 4.78 is 6.15. The molecular weight excluding hydrogens is 312 g/mol. The minimum Gasteiger partial charge on any atom is -0.438 e. The lowest BCUT2D eigenvalue weighted by Gasteiger charge is -2.32. The number of rotatable bonds is 1. The van der Waals surface area contributed by atoms with E-state index in [1.54, 1.807) is 0 Å². The number of fused-ring (bicyclic) bond motifs is 4. The van der Waals surface area contributed by atoms with Crippen LogP contribution in [0.2, 0.25) is 0 Å². The Morgan fingerprint density at radius 1 is 1.16 bits per heavy atom. The van der Waals surface area contributed by atoms with Gasteiger partial charge >= 0.3 is 0 Å². The van der Waals surface area contributed by atoms with Gasteiger partial charge in [0, 0.05) is 22.4 Å². The molecule has 0 radical (unpaired) electrons. The Kier molecular flexibility index (Phi) is 3.29. The van der Waals surface area contributed by atoms with Crippen molar-refractivity contribution >= 4 is 22.3 Å². The Bertz CT molecular complexity index is 1050. The summed E-state index contributed by atoms with van der Waals surface area (Å²) in [5, 5.41) is 11.5. The summed E-state index contributed by atoms with van der Waals surface area (Å²) in [6.45, 7) is 4.25. The third-order valence-electron chi connectivity index (χ3n) is 4.80. The van der Waals surface area contributed by atoms with Crippen molar-refractivity contribution in [3.05, 3.63) is 53.1 Å². The van der Waals surface area contributed by atoms with E-state index >= 15 is 0 Å². The quantitative estimate of drug-likeness (QED) is 0.698. The molecule has 2 aromatic carbocycles. The molecule has 3 aromatic rings. The van der Waals surface area contributed by atoms with Gasteiger partial charge in [0.05, 0.1) is 5.69 Å². The molecule has 5 heteroatoms. The molecule has 1 aromatic heterocycles. The molecular formula is C20H18N4O. The zero-order valence-electron chi connectivity index (χ0n) is 14.1. The van der Waals surface area contributed by atoms with Crippen molar-refractivity contribution in [1.82, 2.24) is 4.98 Å². The molecule has 124 valence electrons. The Hall–Kier alpha value is -3.26. The van der Waals surface area contributed by atoms with Crippen LogP contribution in [0.3, 0.4) is 0 Å². The lowest BCUT2D eigenvalue weighted by atomic mass is 9.79. The molecule has 1 atom stereocenters. The molecule has 25 heavy (non-hydrogen) atoms. The van der Waals surface area contributed by atoms with Gasteiger partial charge in [0.2, 0.25) is 5.88 Å². The number of nitrogens with zero attached hydrogens (tertiary/aromatic N) is 2. The van der Waals surface area contributed by atoms with Gasteiger partial charge in [0.1, 0.15) is 23.2 Å². The summed E-state index contributed by atoms with van der Waals surface area (Å²) in [7, 11) is 0. The number of hydrogen-bond donors (Lipinski definition) is 2. The standard InChI is InChI=1S/C20H18N4O/c1-10(2)15-13-8-7-11-5-3-4-6-12(11)18(13)25-20-16(15)17(22)14(9-21)19(23)24-20/h3-8,10,15H,1-2H3,(H4,22,23,24). The highest BCUT2D eigenvalue weighted by atomic mass is 16.5. The highest BCUT2D eigenvalue weighted by Gasteiger charge is 2.35. The minimum atomic E-state index is -0.0106. The average Bonchev–Trinajstić information content (AvgIpc) is 2.60. The predicted octanol–water partition coefficient (Wildman–Crippen LogP) is 4.16. The maximum Gasteiger partial charge on any atom is 0.227 e. The summed E-state index contributed by atoms with van der Waals surface area (Å²) in [6, 6.07) is 14.3. The molecule has 4 rings (SSSR count). The first-order chi connectivity index (χ1) is 12.0. The number of anilines is 2. The molecule has 5 nitrogen and oxygen atoms in total. The van der Waals surface area contributed by atoms with Crippen molar-refractivity contribution in [2.45, 2.75) is 19.8 Å². The summed E-state index contributed by atoms with van der Waals surface area (Å²) in [4.78, 5) is 4.34. The Morgan fingerprint density at radius 3 is 2.64 bits per heavy atom. The van der Waals surface area contributed by atoms with E-state index in [-0.39, 0.29) is 23.2 Å². The molecule has 0 fully saturated rings. The summed E-state index contributed by atoms with van der Waals surface area (Å²) in [5.74, 6) is 1.53. The highest BCUT2D eigenvalue weighted by Crippen LogP contribution is 2.52. The maximum atomic E-state index is 9.37. The van der Waals surface area contributed by atoms with Crippen LogP contribution in [0.1, 0.15) is 36.5 Å². The smallest absolute Gasteiger partial charge is 0.227 e. The second kappa shape index (κ2) is 5.38. The summed E-state index contributed by atoms with van der Waals surface area (Å²) in [5.41, 5.74) is 14.6. The molecule has 2 heterocycles. The van der Waals surface area contributed by atoms with Crippen LogP contribution in [0.25, 0.3) is 10.8 Å². The first-order valence-electron chi connectivity index (χ1n) is 8.21. The van der Waals surface area contributed by atoms with Gasteiger partial charge in [-0.25, -0.2) is 0 Å². The van der Waals surface area contributed by atoms with Crippen molar-refractivity contribution in [3.63, 3.8) is 0 Å². The lowest BCUT2D eigenvalue weighted by Crippen LogP contribution is -2.20. The molecule has 0 saturated carbocycles. The number of nitrogen functional groups attached to an aromatic ring is 2. The van der Waals surface area contributed by atoms with Crippen molar-refractivity contribution in [2.75, 3.05) is 11.5 Å². The number of ether oxygens (including phenoxy) is 1. The van der Waals surface area contributed by atoms with Crippen LogP contribution >= 0.6 is 0 Å². The maximum absolute atomic E-state index is 9.37. The van der Waals surface area contributed by atoms with Gasteiger partial charge in [-0.2, -0.15) is 10.2 Å². The third-order valence-corrected chi connectivity index (χ3v) is 4.80. The minimum absolute atomic E-state index is 0.0106. The molecule has 0 aliphatic carbocycles. The van der Waals surface area contributed by atoms with Gasteiger partial charge in [-0.1, -0.05) is 50.2 Å². The highest BCUT2D eigenvalue weighted by molar-refractivity contribution is 5.91. The lowest BCUT2D eigenvalue weighted by molar-refractivity contribution is 0.410. The number of pyridine rings is 1. The second-order valence-corrected chi connectivity index (χ2v) is 6.65. The predicted molar refractivity (Wildman–Crippen MR) is 98.5 cm³/mol. The van der Waals surface area contributed by atoms with Crippen LogP contribution in [0.5, 0.6) is 11.6 Å². The Labute approximate surface area is 145 Å². The largest absolute Gasteiger partial charge is 0.438 e. The van der Waals surface area contributed by atoms with E-state index in [9.17, 15) is 5.26 Å². The first-order valence-corrected chi connectivity index (χ1v) is 8.21. The number of nitrogens with two attached hydrogens (primary N) is 2. The van der Waals surface area contributed by atoms with Crippen molar-refractivity contribution in [3.8, 4) is 17.7 Å². The molecule has 0 bridgehead atoms. The van der Waals surface area contributed by atoms with Crippen LogP contribution in [0.4, 0.5) is 11.5 Å². The average molecular weight is 330 g/mol. The van der Waals surface area contributed by atoms with E-state index in [4.69, 9.17) is 16.2 Å². The SMILES string of the molecule is CC(C)C1c2ccc3ccccc3c2Oc2nc(N)c(C#N)c(N)c21. The molecule has 1 aliphatic rings. The molecule has 4 N–H and O–H groups in total. The van der Waals surface area contributed by atoms with Crippen molar-refractivity contribution < 1.29 is 4.74 Å². The molecule has 0 amide bonds. The van der Waals surface area contributed by atoms with Crippen LogP contribution < -0.4 is 16.2 Å². The van der Waals surface area contributed by atoms with Crippen LogP contribution in [0.15, 0.2) is 36.4 Å². The number of hydrogen-bond acceptors (Lipinski definition) is 5. The number of aromatic nitrogens is 1. The first kappa shape index (κ1) is 15.3. The fourth-order valence-corrected chi connectivity index (χ4v) is 3.67. The van der Waals surface area contributed by atoms with Gasteiger partial charge in [-0.15, -0.1) is 0 Å². The van der Waals surface area contributed by atoms with E-state index in [1.807, 2.05) is 24.3 Å². The van der Waals surface area contributed by atoms with Crippen LogP contribution in [0, 0.1) is 17.2 Å². The van der Waals surface area contributed by atoms with E-state index in [2.05, 4.69) is 37.0 Å². The Morgan fingerprint density at radius 2 is 1.92 bits per heavy atom. The molecule has 1 aliphatic heterocycles. The normalized spacial score (nSPS) is 15.4. The molecule has 0 saturated heterocycles. The van der Waals surface area contributed by atoms with Crippen molar-refractivity contribution in [2.24, 2.45) is 5.92 Å². The fraction of sp³-hybridized carbons (Fsp3) is 0.200. The monoisotopic (exact) mass is 330 g/mol. The topological polar surface area (TPSA) is 98.0 Å². The van der Waals surface area contributed by atoms with E-state index in [0.717, 1.165) is 27.6 Å². The van der Waals surface area contributed by atoms with Crippen LogP contribution in [-0.4, -0.2) is 4.98 Å². The van der Waals surface area contributed by atoms with Gasteiger partial charge in [0.25, 0.3) is 0 Å². The summed E-state index contributed by atoms with van der Waals surface area (Å²) in [6.07, 6.45) is 0. The van der Waals surface area contributed by atoms with E-state index < -0.39 is 0 Å². The molecule has 1 unspecified atom stereocenters. The second-order valence-electron chi connectivity index (χ2n) is 6.65. The zero-order chi connectivity index (χ0) is 17.7. The Balaban J connectivity index is 2.06. The number of benzene rings is 2. The summed E-state index contributed by atoms with van der Waals surface area (Å²) >= 11 is 0. The van der Waals surface area contributed by atoms with Gasteiger partial charge in [-0.05, 0) is 11.3 Å². The van der Waals surface area contributed by atoms with E-state index in [1.165, 1.54) is 0 Å². The van der Waals surface area contributed by atoms with Crippen molar-refractivity contribution in [1.29, 1.82) is 5.26 Å². The zero-order valence-corrected chi connectivity index (χ0v) is 14.1. The van der Waals surface area contributed by atoms with E-state index in [0.29, 0.717) is 11.6 Å². The molecule has 0 spiro atoms. The van der Waals surface area contributed by atoms with Gasteiger partial charge < -0.3 is 16.2 Å².